The normalized spacial score (nSPS) is 12.8. The number of halogens is 4. The van der Waals surface area contributed by atoms with Gasteiger partial charge in [0.15, 0.2) is 0 Å². The van der Waals surface area contributed by atoms with Gasteiger partial charge in [-0.05, 0) is 24.1 Å². The van der Waals surface area contributed by atoms with Crippen LogP contribution < -0.4 is 5.73 Å². The van der Waals surface area contributed by atoms with E-state index >= 15 is 0 Å². The molecule has 1 aromatic carbocycles. The predicted octanol–water partition coefficient (Wildman–Crippen LogP) is 4.46. The lowest BCUT2D eigenvalue weighted by molar-refractivity contribution is -0.138. The first-order chi connectivity index (χ1) is 8.81. The van der Waals surface area contributed by atoms with E-state index < -0.39 is 11.7 Å². The molecule has 102 valence electrons. The molecular weight excluding hydrogens is 321 g/mol. The minimum Gasteiger partial charge on any atom is -0.397 e. The summed E-state index contributed by atoms with van der Waals surface area (Å²) >= 11 is 2.86. The Kier molecular flexibility index (Phi) is 5.01. The van der Waals surface area contributed by atoms with Gasteiger partial charge in [-0.25, -0.2) is 0 Å². The molecular formula is C13H12BrF3N2. The Morgan fingerprint density at radius 3 is 2.53 bits per heavy atom. The highest BCUT2D eigenvalue weighted by atomic mass is 79.9. The Labute approximate surface area is 117 Å². The second-order valence-corrected chi connectivity index (χ2v) is 4.80. The second-order valence-electron chi connectivity index (χ2n) is 3.95. The molecule has 0 spiro atoms. The van der Waals surface area contributed by atoms with Crippen LogP contribution in [0.3, 0.4) is 0 Å². The molecule has 1 rings (SSSR count). The zero-order chi connectivity index (χ0) is 14.6. The van der Waals surface area contributed by atoms with Crippen molar-refractivity contribution in [2.45, 2.75) is 25.9 Å². The predicted molar refractivity (Wildman–Crippen MR) is 70.8 cm³/mol. The number of hydrogen-bond donors (Lipinski definition) is 1. The number of benzene rings is 1. The first-order valence-electron chi connectivity index (χ1n) is 5.57. The minimum absolute atomic E-state index is 0.0504. The lowest BCUT2D eigenvalue weighted by Crippen LogP contribution is -2.08. The Bertz CT molecular complexity index is 542. The van der Waals surface area contributed by atoms with Crippen molar-refractivity contribution < 1.29 is 13.2 Å². The maximum Gasteiger partial charge on any atom is 0.417 e. The van der Waals surface area contributed by atoms with Crippen LogP contribution in [0.25, 0.3) is 5.70 Å². The first kappa shape index (κ1) is 15.6. The molecule has 0 aliphatic heterocycles. The summed E-state index contributed by atoms with van der Waals surface area (Å²) in [6.07, 6.45) is -3.32. The number of allylic oxidation sites excluding steroid dienone is 1. The van der Waals surface area contributed by atoms with E-state index in [0.717, 1.165) is 6.07 Å². The van der Waals surface area contributed by atoms with E-state index in [4.69, 9.17) is 11.0 Å². The van der Waals surface area contributed by atoms with Crippen LogP contribution in [0.2, 0.25) is 0 Å². The number of nitrogens with two attached hydrogens (primary N) is 1. The van der Waals surface area contributed by atoms with Gasteiger partial charge in [-0.1, -0.05) is 35.3 Å². The smallest absolute Gasteiger partial charge is 0.397 e. The van der Waals surface area contributed by atoms with Crippen molar-refractivity contribution in [1.82, 2.24) is 0 Å². The van der Waals surface area contributed by atoms with Crippen LogP contribution in [0, 0.1) is 11.3 Å². The molecule has 0 aliphatic rings. The largest absolute Gasteiger partial charge is 0.417 e. The van der Waals surface area contributed by atoms with E-state index in [1.807, 2.05) is 13.0 Å². The highest BCUT2D eigenvalue weighted by Gasteiger charge is 2.33. The van der Waals surface area contributed by atoms with E-state index in [-0.39, 0.29) is 15.7 Å². The van der Waals surface area contributed by atoms with Crippen LogP contribution in [0.4, 0.5) is 13.2 Å². The molecule has 0 atom stereocenters. The van der Waals surface area contributed by atoms with Gasteiger partial charge in [0.1, 0.15) is 0 Å². The summed E-state index contributed by atoms with van der Waals surface area (Å²) in [4.78, 5) is 0. The molecule has 0 saturated heterocycles. The summed E-state index contributed by atoms with van der Waals surface area (Å²) in [5.74, 6) is 0. The standard InChI is InChI=1S/C13H12BrF3N2/c1-2-3-9(7-18)12(19)8-4-5-11(14)10(6-8)13(15,16)17/h4-6H,2-3,19H2,1H3/b12-9-. The van der Waals surface area contributed by atoms with Gasteiger partial charge in [-0.15, -0.1) is 0 Å². The molecule has 6 heteroatoms. The van der Waals surface area contributed by atoms with Crippen molar-refractivity contribution in [3.8, 4) is 6.07 Å². The molecule has 19 heavy (non-hydrogen) atoms. The van der Waals surface area contributed by atoms with Crippen molar-refractivity contribution in [3.05, 3.63) is 39.4 Å². The van der Waals surface area contributed by atoms with Crippen LogP contribution >= 0.6 is 15.9 Å². The van der Waals surface area contributed by atoms with Gasteiger partial charge >= 0.3 is 6.18 Å². The molecule has 0 aromatic heterocycles. The van der Waals surface area contributed by atoms with E-state index in [0.29, 0.717) is 18.4 Å². The van der Waals surface area contributed by atoms with E-state index in [1.54, 1.807) is 0 Å². The summed E-state index contributed by atoms with van der Waals surface area (Å²) < 4.78 is 38.3. The fourth-order valence-corrected chi connectivity index (χ4v) is 2.06. The van der Waals surface area contributed by atoms with Crippen molar-refractivity contribution in [1.29, 1.82) is 5.26 Å². The molecule has 0 unspecified atom stereocenters. The Morgan fingerprint density at radius 2 is 2.05 bits per heavy atom. The van der Waals surface area contributed by atoms with Crippen LogP contribution in [0.15, 0.2) is 28.2 Å². The lowest BCUT2D eigenvalue weighted by atomic mass is 10.0. The summed E-state index contributed by atoms with van der Waals surface area (Å²) in [5, 5.41) is 8.95. The van der Waals surface area contributed by atoms with Gasteiger partial charge in [-0.3, -0.25) is 0 Å². The Balaban J connectivity index is 3.34. The van der Waals surface area contributed by atoms with Crippen molar-refractivity contribution in [3.63, 3.8) is 0 Å². The zero-order valence-electron chi connectivity index (χ0n) is 10.2. The number of nitrogens with zero attached hydrogens (tertiary/aromatic N) is 1. The second kappa shape index (κ2) is 6.11. The monoisotopic (exact) mass is 332 g/mol. The van der Waals surface area contributed by atoms with Gasteiger partial charge in [0.05, 0.1) is 22.9 Å². The molecule has 0 fully saturated rings. The Morgan fingerprint density at radius 1 is 1.42 bits per heavy atom. The highest BCUT2D eigenvalue weighted by molar-refractivity contribution is 9.10. The third-order valence-corrected chi connectivity index (χ3v) is 3.23. The zero-order valence-corrected chi connectivity index (χ0v) is 11.8. The molecule has 0 amide bonds. The average molecular weight is 333 g/mol. The topological polar surface area (TPSA) is 49.8 Å². The van der Waals surface area contributed by atoms with Crippen molar-refractivity contribution in [2.75, 3.05) is 0 Å². The summed E-state index contributed by atoms with van der Waals surface area (Å²) in [6.45, 7) is 1.87. The maximum absolute atomic E-state index is 12.8. The van der Waals surface area contributed by atoms with Gasteiger partial charge < -0.3 is 5.73 Å². The molecule has 2 nitrogen and oxygen atoms in total. The molecule has 0 aliphatic carbocycles. The number of hydrogen-bond acceptors (Lipinski definition) is 2. The SMILES string of the molecule is CCC/C(C#N)=C(/N)c1ccc(Br)c(C(F)(F)F)c1. The van der Waals surface area contributed by atoms with Crippen LogP contribution in [-0.2, 0) is 6.18 Å². The first-order valence-corrected chi connectivity index (χ1v) is 6.36. The van der Waals surface area contributed by atoms with E-state index in [1.165, 1.54) is 12.1 Å². The molecule has 1 aromatic rings. The molecule has 0 bridgehead atoms. The number of alkyl halides is 3. The quantitative estimate of drug-likeness (QED) is 0.830. The molecule has 2 N–H and O–H groups in total. The van der Waals surface area contributed by atoms with E-state index in [2.05, 4.69) is 15.9 Å². The molecule has 0 saturated carbocycles. The highest BCUT2D eigenvalue weighted by Crippen LogP contribution is 2.36. The summed E-state index contributed by atoms with van der Waals surface area (Å²) in [7, 11) is 0. The third kappa shape index (κ3) is 3.74. The fraction of sp³-hybridized carbons (Fsp3) is 0.308. The third-order valence-electron chi connectivity index (χ3n) is 2.54. The van der Waals surface area contributed by atoms with Gasteiger partial charge in [0.25, 0.3) is 0 Å². The molecule has 0 heterocycles. The lowest BCUT2D eigenvalue weighted by Gasteiger charge is -2.12. The fourth-order valence-electron chi connectivity index (χ4n) is 1.59. The van der Waals surface area contributed by atoms with Crippen molar-refractivity contribution in [2.24, 2.45) is 5.73 Å². The maximum atomic E-state index is 12.8. The van der Waals surface area contributed by atoms with Gasteiger partial charge in [0, 0.05) is 4.47 Å². The summed E-state index contributed by atoms with van der Waals surface area (Å²) in [6, 6.07) is 5.63. The Hall–Kier alpha value is -1.48. The molecule has 0 radical (unpaired) electrons. The van der Waals surface area contributed by atoms with Gasteiger partial charge in [-0.2, -0.15) is 18.4 Å². The van der Waals surface area contributed by atoms with Crippen LogP contribution in [-0.4, -0.2) is 0 Å². The number of nitriles is 1. The van der Waals surface area contributed by atoms with Gasteiger partial charge in [0.2, 0.25) is 0 Å². The van der Waals surface area contributed by atoms with Crippen LogP contribution in [0.5, 0.6) is 0 Å². The summed E-state index contributed by atoms with van der Waals surface area (Å²) in [5.41, 5.74) is 5.58. The van der Waals surface area contributed by atoms with Crippen LogP contribution in [0.1, 0.15) is 30.9 Å². The minimum atomic E-state index is -4.47. The number of rotatable bonds is 3. The van der Waals surface area contributed by atoms with Crippen molar-refractivity contribution >= 4 is 21.6 Å². The average Bonchev–Trinajstić information content (AvgIpc) is 2.34. The van der Waals surface area contributed by atoms with E-state index in [9.17, 15) is 13.2 Å².